The van der Waals surface area contributed by atoms with Crippen molar-refractivity contribution in [1.29, 1.82) is 0 Å². The van der Waals surface area contributed by atoms with Crippen LogP contribution in [-0.4, -0.2) is 52.9 Å². The monoisotopic (exact) mass is 334 g/mol. The standard InChI is InChI=1S/C16H18N2O4S/c1-22-16(21)10-3-4-11-12(8-17-13(11)7-10)15-18(5-2-6-19)14(20)9-23-15/h3-4,7-8,15,17,19H,2,5-6,9H2,1H3. The quantitative estimate of drug-likeness (QED) is 0.816. The summed E-state index contributed by atoms with van der Waals surface area (Å²) in [6, 6.07) is 5.36. The van der Waals surface area contributed by atoms with E-state index in [0.29, 0.717) is 24.3 Å². The summed E-state index contributed by atoms with van der Waals surface area (Å²) >= 11 is 1.58. The van der Waals surface area contributed by atoms with Gasteiger partial charge in [-0.3, -0.25) is 4.79 Å². The number of ether oxygens (including phenoxy) is 1. The van der Waals surface area contributed by atoms with E-state index >= 15 is 0 Å². The average molecular weight is 334 g/mol. The van der Waals surface area contributed by atoms with Crippen LogP contribution < -0.4 is 0 Å². The van der Waals surface area contributed by atoms with Gasteiger partial charge in [0.25, 0.3) is 0 Å². The van der Waals surface area contributed by atoms with Crippen LogP contribution in [-0.2, 0) is 9.53 Å². The van der Waals surface area contributed by atoms with Crippen molar-refractivity contribution in [2.24, 2.45) is 0 Å². The van der Waals surface area contributed by atoms with E-state index in [9.17, 15) is 9.59 Å². The van der Waals surface area contributed by atoms with E-state index in [1.54, 1.807) is 28.8 Å². The first-order valence-corrected chi connectivity index (χ1v) is 8.42. The van der Waals surface area contributed by atoms with Crippen LogP contribution in [0.4, 0.5) is 0 Å². The Kier molecular flexibility index (Phi) is 4.58. The highest BCUT2D eigenvalue weighted by molar-refractivity contribution is 8.00. The molecule has 1 fully saturated rings. The lowest BCUT2D eigenvalue weighted by atomic mass is 10.1. The van der Waals surface area contributed by atoms with Crippen molar-refractivity contribution in [3.8, 4) is 0 Å². The molecule has 122 valence electrons. The molecule has 6 nitrogen and oxygen atoms in total. The lowest BCUT2D eigenvalue weighted by Crippen LogP contribution is -2.29. The van der Waals surface area contributed by atoms with E-state index in [0.717, 1.165) is 16.5 Å². The number of esters is 1. The topological polar surface area (TPSA) is 82.6 Å². The number of H-pyrrole nitrogens is 1. The predicted octanol–water partition coefficient (Wildman–Crippen LogP) is 1.91. The van der Waals surface area contributed by atoms with E-state index < -0.39 is 0 Å². The SMILES string of the molecule is COC(=O)c1ccc2c(C3SCC(=O)N3CCCO)c[nH]c2c1. The number of nitrogens with one attached hydrogen (secondary N) is 1. The minimum absolute atomic E-state index is 0.0632. The molecule has 1 aromatic carbocycles. The molecule has 2 heterocycles. The number of benzene rings is 1. The van der Waals surface area contributed by atoms with Gasteiger partial charge < -0.3 is 19.7 Å². The first-order valence-electron chi connectivity index (χ1n) is 7.37. The number of carbonyl (C=O) groups excluding carboxylic acids is 2. The fourth-order valence-electron chi connectivity index (χ4n) is 2.79. The van der Waals surface area contributed by atoms with Gasteiger partial charge in [0.2, 0.25) is 5.91 Å². The molecule has 0 saturated carbocycles. The Bertz CT molecular complexity index is 743. The van der Waals surface area contributed by atoms with Crippen molar-refractivity contribution >= 4 is 34.5 Å². The molecular weight excluding hydrogens is 316 g/mol. The Labute approximate surface area is 137 Å². The van der Waals surface area contributed by atoms with E-state index in [-0.39, 0.29) is 23.9 Å². The van der Waals surface area contributed by atoms with E-state index in [4.69, 9.17) is 9.84 Å². The Hall–Kier alpha value is -1.99. The number of nitrogens with zero attached hydrogens (tertiary/aromatic N) is 1. The number of aromatic amines is 1. The molecule has 23 heavy (non-hydrogen) atoms. The summed E-state index contributed by atoms with van der Waals surface area (Å²) < 4.78 is 4.73. The molecule has 2 N–H and O–H groups in total. The highest BCUT2D eigenvalue weighted by Crippen LogP contribution is 2.41. The van der Waals surface area contributed by atoms with Gasteiger partial charge in [0, 0.05) is 35.8 Å². The molecule has 1 unspecified atom stereocenters. The van der Waals surface area contributed by atoms with Gasteiger partial charge in [0.15, 0.2) is 0 Å². The Morgan fingerprint density at radius 1 is 1.52 bits per heavy atom. The summed E-state index contributed by atoms with van der Waals surface area (Å²) in [5.41, 5.74) is 2.34. The zero-order valence-corrected chi connectivity index (χ0v) is 13.6. The fourth-order valence-corrected chi connectivity index (χ4v) is 4.04. The highest BCUT2D eigenvalue weighted by atomic mass is 32.2. The van der Waals surface area contributed by atoms with Gasteiger partial charge in [0.05, 0.1) is 18.4 Å². The van der Waals surface area contributed by atoms with Gasteiger partial charge in [-0.05, 0) is 18.6 Å². The van der Waals surface area contributed by atoms with Crippen LogP contribution in [0.2, 0.25) is 0 Å². The molecule has 0 spiro atoms. The molecule has 1 saturated heterocycles. The smallest absolute Gasteiger partial charge is 0.337 e. The molecule has 2 aromatic rings. The van der Waals surface area contributed by atoms with Crippen LogP contribution in [0.15, 0.2) is 24.4 Å². The zero-order chi connectivity index (χ0) is 16.4. The zero-order valence-electron chi connectivity index (χ0n) is 12.7. The van der Waals surface area contributed by atoms with E-state index in [2.05, 4.69) is 4.98 Å². The maximum atomic E-state index is 12.1. The third-order valence-corrected chi connectivity index (χ3v) is 5.16. The summed E-state index contributed by atoms with van der Waals surface area (Å²) in [6.45, 7) is 0.609. The number of amides is 1. The van der Waals surface area contributed by atoms with Crippen LogP contribution in [0, 0.1) is 0 Å². The Balaban J connectivity index is 1.93. The molecule has 3 rings (SSSR count). The van der Waals surface area contributed by atoms with Crippen molar-refractivity contribution in [3.63, 3.8) is 0 Å². The summed E-state index contributed by atoms with van der Waals surface area (Å²) in [5, 5.41) is 9.93. The number of carbonyl (C=O) groups is 2. The predicted molar refractivity (Wildman–Crippen MR) is 88.3 cm³/mol. The number of aromatic nitrogens is 1. The van der Waals surface area contributed by atoms with Crippen LogP contribution in [0.5, 0.6) is 0 Å². The lowest BCUT2D eigenvalue weighted by molar-refractivity contribution is -0.128. The molecule has 7 heteroatoms. The van der Waals surface area contributed by atoms with Gasteiger partial charge in [-0.2, -0.15) is 0 Å². The Morgan fingerprint density at radius 2 is 2.35 bits per heavy atom. The number of aliphatic hydroxyl groups is 1. The highest BCUT2D eigenvalue weighted by Gasteiger charge is 2.33. The van der Waals surface area contributed by atoms with Crippen LogP contribution in [0.3, 0.4) is 0 Å². The molecule has 1 atom stereocenters. The average Bonchev–Trinajstić information content (AvgIpc) is 3.14. The van der Waals surface area contributed by atoms with Crippen molar-refractivity contribution in [2.45, 2.75) is 11.8 Å². The Morgan fingerprint density at radius 3 is 3.09 bits per heavy atom. The van der Waals surface area contributed by atoms with Gasteiger partial charge in [0.1, 0.15) is 5.37 Å². The number of thioether (sulfide) groups is 1. The minimum atomic E-state index is -0.377. The first kappa shape index (κ1) is 15.9. The van der Waals surface area contributed by atoms with Crippen molar-refractivity contribution < 1.29 is 19.4 Å². The second kappa shape index (κ2) is 6.64. The number of rotatable bonds is 5. The van der Waals surface area contributed by atoms with Crippen LogP contribution >= 0.6 is 11.8 Å². The molecule has 1 aliphatic rings. The van der Waals surface area contributed by atoms with Crippen molar-refractivity contribution in [2.75, 3.05) is 26.0 Å². The largest absolute Gasteiger partial charge is 0.465 e. The third kappa shape index (κ3) is 2.94. The summed E-state index contributed by atoms with van der Waals surface area (Å²) in [4.78, 5) is 28.6. The maximum absolute atomic E-state index is 12.1. The number of aliphatic hydroxyl groups excluding tert-OH is 1. The number of fused-ring (bicyclic) bond motifs is 1. The van der Waals surface area contributed by atoms with Crippen LogP contribution in [0.1, 0.15) is 27.7 Å². The molecule has 1 amide bonds. The first-order chi connectivity index (χ1) is 11.2. The van der Waals surface area contributed by atoms with E-state index in [1.807, 2.05) is 12.3 Å². The second-order valence-electron chi connectivity index (χ2n) is 5.32. The molecule has 0 bridgehead atoms. The fraction of sp³-hybridized carbons (Fsp3) is 0.375. The van der Waals surface area contributed by atoms with Gasteiger partial charge in [-0.25, -0.2) is 4.79 Å². The number of methoxy groups -OCH3 is 1. The summed E-state index contributed by atoms with van der Waals surface area (Å²) in [6.07, 6.45) is 2.45. The maximum Gasteiger partial charge on any atom is 0.337 e. The van der Waals surface area contributed by atoms with Gasteiger partial charge >= 0.3 is 5.97 Å². The van der Waals surface area contributed by atoms with Crippen molar-refractivity contribution in [1.82, 2.24) is 9.88 Å². The van der Waals surface area contributed by atoms with Gasteiger partial charge in [-0.1, -0.05) is 6.07 Å². The lowest BCUT2D eigenvalue weighted by Gasteiger charge is -2.23. The number of hydrogen-bond donors (Lipinski definition) is 2. The van der Waals surface area contributed by atoms with E-state index in [1.165, 1.54) is 7.11 Å². The van der Waals surface area contributed by atoms with Crippen molar-refractivity contribution in [3.05, 3.63) is 35.5 Å². The second-order valence-corrected chi connectivity index (χ2v) is 6.39. The van der Waals surface area contributed by atoms with Crippen LogP contribution in [0.25, 0.3) is 10.9 Å². The summed E-state index contributed by atoms with van der Waals surface area (Å²) in [5.74, 6) is 0.162. The molecule has 1 aromatic heterocycles. The molecule has 1 aliphatic heterocycles. The van der Waals surface area contributed by atoms with Gasteiger partial charge in [-0.15, -0.1) is 11.8 Å². The molecule has 0 radical (unpaired) electrons. The number of hydrogen-bond acceptors (Lipinski definition) is 5. The summed E-state index contributed by atoms with van der Waals surface area (Å²) in [7, 11) is 1.35. The molecule has 0 aliphatic carbocycles. The normalized spacial score (nSPS) is 17.9. The minimum Gasteiger partial charge on any atom is -0.465 e. The molecular formula is C16H18N2O4S. The third-order valence-electron chi connectivity index (χ3n) is 3.93.